The van der Waals surface area contributed by atoms with Crippen LogP contribution in [0.5, 0.6) is 0 Å². The summed E-state index contributed by atoms with van der Waals surface area (Å²) in [4.78, 5) is 10.7. The van der Waals surface area contributed by atoms with Crippen molar-refractivity contribution in [2.24, 2.45) is 0 Å². The Balaban J connectivity index is 3.19. The van der Waals surface area contributed by atoms with Gasteiger partial charge >= 0.3 is 11.9 Å². The summed E-state index contributed by atoms with van der Waals surface area (Å²) in [5, 5.41) is 0. The molecule has 0 fully saturated rings. The number of esters is 1. The highest BCUT2D eigenvalue weighted by atomic mass is 19.3. The van der Waals surface area contributed by atoms with Crippen molar-refractivity contribution < 1.29 is 18.3 Å². The van der Waals surface area contributed by atoms with E-state index >= 15 is 0 Å². The van der Waals surface area contributed by atoms with Gasteiger partial charge in [-0.25, -0.2) is 4.79 Å². The van der Waals surface area contributed by atoms with Crippen LogP contribution >= 0.6 is 0 Å². The first-order valence-electron chi connectivity index (χ1n) is 7.03. The molecule has 0 amide bonds. The van der Waals surface area contributed by atoms with Crippen molar-refractivity contribution in [3.8, 4) is 0 Å². The lowest BCUT2D eigenvalue weighted by Crippen LogP contribution is -2.27. The topological polar surface area (TPSA) is 26.3 Å². The molecule has 108 valence electrons. The van der Waals surface area contributed by atoms with Crippen LogP contribution in [-0.2, 0) is 9.53 Å². The van der Waals surface area contributed by atoms with Crippen molar-refractivity contribution in [3.05, 3.63) is 0 Å². The van der Waals surface area contributed by atoms with Crippen LogP contribution in [0.3, 0.4) is 0 Å². The van der Waals surface area contributed by atoms with Crippen LogP contribution in [0, 0.1) is 0 Å². The summed E-state index contributed by atoms with van der Waals surface area (Å²) in [6.45, 7) is 2.87. The van der Waals surface area contributed by atoms with Gasteiger partial charge in [0.05, 0.1) is 6.61 Å². The zero-order valence-corrected chi connectivity index (χ0v) is 11.6. The van der Waals surface area contributed by atoms with Crippen LogP contribution < -0.4 is 0 Å². The summed E-state index contributed by atoms with van der Waals surface area (Å²) in [6.07, 6.45) is 10.3. The Bertz CT molecular complexity index is 212. The molecule has 4 heteroatoms. The van der Waals surface area contributed by atoms with Crippen molar-refractivity contribution in [2.45, 2.75) is 77.6 Å². The predicted octanol–water partition coefficient (Wildman–Crippen LogP) is 4.72. The summed E-state index contributed by atoms with van der Waals surface area (Å²) in [5.74, 6) is -4.78. The fourth-order valence-corrected chi connectivity index (χ4v) is 1.70. The Morgan fingerprint density at radius 3 is 1.83 bits per heavy atom. The van der Waals surface area contributed by atoms with Crippen molar-refractivity contribution >= 4 is 5.97 Å². The van der Waals surface area contributed by atoms with Crippen LogP contribution in [0.1, 0.15) is 71.6 Å². The van der Waals surface area contributed by atoms with Crippen molar-refractivity contribution in [1.29, 1.82) is 0 Å². The molecule has 0 heterocycles. The van der Waals surface area contributed by atoms with E-state index in [1.807, 2.05) is 0 Å². The van der Waals surface area contributed by atoms with E-state index in [9.17, 15) is 13.6 Å². The van der Waals surface area contributed by atoms with Crippen molar-refractivity contribution in [2.75, 3.05) is 6.61 Å². The molecule has 0 aliphatic rings. The zero-order valence-electron chi connectivity index (χ0n) is 11.6. The van der Waals surface area contributed by atoms with Crippen LogP contribution in [0.2, 0.25) is 0 Å². The molecule has 18 heavy (non-hydrogen) atoms. The molecule has 0 aromatic carbocycles. The highest BCUT2D eigenvalue weighted by Gasteiger charge is 2.33. The smallest absolute Gasteiger partial charge is 0.376 e. The third-order valence-electron chi connectivity index (χ3n) is 2.84. The maximum Gasteiger partial charge on any atom is 0.376 e. The molecule has 0 aromatic heterocycles. The van der Waals surface area contributed by atoms with Gasteiger partial charge in [0.25, 0.3) is 0 Å². The number of unbranched alkanes of at least 4 members (excludes halogenated alkanes) is 8. The van der Waals surface area contributed by atoms with Gasteiger partial charge in [-0.3, -0.25) is 0 Å². The lowest BCUT2D eigenvalue weighted by atomic mass is 10.1. The van der Waals surface area contributed by atoms with Gasteiger partial charge in [-0.15, -0.1) is 0 Å². The Kier molecular flexibility index (Phi) is 9.89. The van der Waals surface area contributed by atoms with Gasteiger partial charge in [-0.2, -0.15) is 8.78 Å². The molecule has 2 nitrogen and oxygen atoms in total. The van der Waals surface area contributed by atoms with Gasteiger partial charge in [0, 0.05) is 6.92 Å². The first-order valence-corrected chi connectivity index (χ1v) is 7.03. The fourth-order valence-electron chi connectivity index (χ4n) is 1.70. The normalized spacial score (nSPS) is 11.6. The molecule has 0 rings (SSSR count). The predicted molar refractivity (Wildman–Crippen MR) is 68.8 cm³/mol. The number of alkyl halides is 2. The van der Waals surface area contributed by atoms with E-state index in [1.165, 1.54) is 38.5 Å². The second-order valence-electron chi connectivity index (χ2n) is 4.85. The molecule has 0 spiro atoms. The Morgan fingerprint density at radius 1 is 0.944 bits per heavy atom. The molecule has 0 radical (unpaired) electrons. The van der Waals surface area contributed by atoms with Gasteiger partial charge in [-0.05, 0) is 6.42 Å². The van der Waals surface area contributed by atoms with Crippen LogP contribution in [-0.4, -0.2) is 18.5 Å². The minimum Gasteiger partial charge on any atom is -0.461 e. The van der Waals surface area contributed by atoms with E-state index in [0.29, 0.717) is 13.3 Å². The molecule has 0 saturated carbocycles. The zero-order chi connectivity index (χ0) is 13.9. The SMILES string of the molecule is CCCCCCCCCCCOC(=O)C(C)(F)F. The molecular weight excluding hydrogens is 238 g/mol. The second-order valence-corrected chi connectivity index (χ2v) is 4.85. The molecule has 0 aliphatic heterocycles. The van der Waals surface area contributed by atoms with E-state index < -0.39 is 11.9 Å². The molecule has 0 aromatic rings. The van der Waals surface area contributed by atoms with E-state index in [2.05, 4.69) is 11.7 Å². The van der Waals surface area contributed by atoms with E-state index in [-0.39, 0.29) is 6.61 Å². The number of carbonyl (C=O) groups excluding carboxylic acids is 1. The summed E-state index contributed by atoms with van der Waals surface area (Å²) < 4.78 is 29.3. The highest BCUT2D eigenvalue weighted by Crippen LogP contribution is 2.14. The first-order chi connectivity index (χ1) is 8.48. The highest BCUT2D eigenvalue weighted by molar-refractivity contribution is 5.76. The van der Waals surface area contributed by atoms with Gasteiger partial charge in [0.15, 0.2) is 0 Å². The first kappa shape index (κ1) is 17.3. The maximum atomic E-state index is 12.4. The summed E-state index contributed by atoms with van der Waals surface area (Å²) >= 11 is 0. The average Bonchev–Trinajstić information content (AvgIpc) is 2.30. The number of rotatable bonds is 11. The van der Waals surface area contributed by atoms with Gasteiger partial charge in [0.2, 0.25) is 0 Å². The summed E-state index contributed by atoms with van der Waals surface area (Å²) in [6, 6.07) is 0. The van der Waals surface area contributed by atoms with Crippen molar-refractivity contribution in [3.63, 3.8) is 0 Å². The Labute approximate surface area is 109 Å². The van der Waals surface area contributed by atoms with Crippen LogP contribution in [0.4, 0.5) is 8.78 Å². The number of ether oxygens (including phenoxy) is 1. The third kappa shape index (κ3) is 10.5. The molecule has 0 atom stereocenters. The minimum absolute atomic E-state index is 0.109. The number of carbonyl (C=O) groups is 1. The quantitative estimate of drug-likeness (QED) is 0.399. The molecule has 0 aliphatic carbocycles. The summed E-state index contributed by atoms with van der Waals surface area (Å²) in [7, 11) is 0. The molecule has 0 N–H and O–H groups in total. The fraction of sp³-hybridized carbons (Fsp3) is 0.929. The molecule has 0 unspecified atom stereocenters. The summed E-state index contributed by atoms with van der Waals surface area (Å²) in [5.41, 5.74) is 0. The van der Waals surface area contributed by atoms with Crippen LogP contribution in [0.15, 0.2) is 0 Å². The van der Waals surface area contributed by atoms with E-state index in [4.69, 9.17) is 0 Å². The second kappa shape index (κ2) is 10.3. The largest absolute Gasteiger partial charge is 0.461 e. The van der Waals surface area contributed by atoms with Gasteiger partial charge < -0.3 is 4.74 Å². The third-order valence-corrected chi connectivity index (χ3v) is 2.84. The van der Waals surface area contributed by atoms with Crippen molar-refractivity contribution in [1.82, 2.24) is 0 Å². The minimum atomic E-state index is -3.36. The number of hydrogen-bond acceptors (Lipinski definition) is 2. The Hall–Kier alpha value is -0.670. The number of hydrogen-bond donors (Lipinski definition) is 0. The monoisotopic (exact) mass is 264 g/mol. The van der Waals surface area contributed by atoms with E-state index in [1.54, 1.807) is 0 Å². The lowest BCUT2D eigenvalue weighted by molar-refractivity contribution is -0.169. The van der Waals surface area contributed by atoms with Gasteiger partial charge in [0.1, 0.15) is 0 Å². The molecular formula is C14H26F2O2. The van der Waals surface area contributed by atoms with E-state index in [0.717, 1.165) is 12.8 Å². The van der Waals surface area contributed by atoms with Gasteiger partial charge in [-0.1, -0.05) is 58.3 Å². The van der Waals surface area contributed by atoms with Crippen LogP contribution in [0.25, 0.3) is 0 Å². The average molecular weight is 264 g/mol. The Morgan fingerprint density at radius 2 is 1.39 bits per heavy atom. The standard InChI is InChI=1S/C14H26F2O2/c1-3-4-5-6-7-8-9-10-11-12-18-13(17)14(2,15)16/h3-12H2,1-2H3. The number of halogens is 2. The molecule has 0 saturated heterocycles. The maximum absolute atomic E-state index is 12.4. The molecule has 0 bridgehead atoms. The lowest BCUT2D eigenvalue weighted by Gasteiger charge is -2.09.